The molecule has 4 heteroatoms. The standard InChI is InChI=1S/C13H21NO3/c1-13(2,3)17-12(16)14-7-6-10(15)8-11(14)9-4-5-9/h9,11H,4-8H2,1-3H3/t11-/m1/s1. The molecule has 2 aliphatic rings. The first-order valence-electron chi connectivity index (χ1n) is 6.38. The largest absolute Gasteiger partial charge is 0.444 e. The molecule has 1 saturated heterocycles. The highest BCUT2D eigenvalue weighted by Crippen LogP contribution is 2.39. The van der Waals surface area contributed by atoms with Gasteiger partial charge in [-0.2, -0.15) is 0 Å². The van der Waals surface area contributed by atoms with Gasteiger partial charge < -0.3 is 9.64 Å². The first kappa shape index (κ1) is 12.4. The minimum Gasteiger partial charge on any atom is -0.444 e. The number of nitrogens with zero attached hydrogens (tertiary/aromatic N) is 1. The number of piperidine rings is 1. The van der Waals surface area contributed by atoms with E-state index in [1.165, 1.54) is 0 Å². The lowest BCUT2D eigenvalue weighted by Gasteiger charge is -2.36. The highest BCUT2D eigenvalue weighted by Gasteiger charge is 2.42. The van der Waals surface area contributed by atoms with Crippen molar-refractivity contribution in [3.8, 4) is 0 Å². The van der Waals surface area contributed by atoms with Crippen LogP contribution in [0.1, 0.15) is 46.5 Å². The number of carbonyl (C=O) groups is 2. The maximum absolute atomic E-state index is 12.1. The average molecular weight is 239 g/mol. The summed E-state index contributed by atoms with van der Waals surface area (Å²) in [7, 11) is 0. The minimum atomic E-state index is -0.466. The van der Waals surface area contributed by atoms with Crippen molar-refractivity contribution in [3.05, 3.63) is 0 Å². The molecule has 1 aliphatic carbocycles. The second-order valence-corrected chi connectivity index (χ2v) is 6.07. The highest BCUT2D eigenvalue weighted by atomic mass is 16.6. The van der Waals surface area contributed by atoms with E-state index in [1.807, 2.05) is 20.8 Å². The van der Waals surface area contributed by atoms with Gasteiger partial charge in [-0.05, 0) is 39.5 Å². The van der Waals surface area contributed by atoms with Crippen LogP contribution in [0.25, 0.3) is 0 Å². The van der Waals surface area contributed by atoms with E-state index in [0.717, 1.165) is 12.8 Å². The lowest BCUT2D eigenvalue weighted by atomic mass is 9.97. The summed E-state index contributed by atoms with van der Waals surface area (Å²) < 4.78 is 5.40. The third-order valence-electron chi connectivity index (χ3n) is 3.26. The molecule has 4 nitrogen and oxygen atoms in total. The van der Waals surface area contributed by atoms with Crippen LogP contribution in [0.2, 0.25) is 0 Å². The molecule has 0 aromatic rings. The van der Waals surface area contributed by atoms with Crippen molar-refractivity contribution in [1.29, 1.82) is 0 Å². The first-order valence-corrected chi connectivity index (χ1v) is 6.38. The Morgan fingerprint density at radius 1 is 1.35 bits per heavy atom. The SMILES string of the molecule is CC(C)(C)OC(=O)N1CCC(=O)C[C@@H]1C1CC1. The van der Waals surface area contributed by atoms with E-state index in [9.17, 15) is 9.59 Å². The van der Waals surface area contributed by atoms with Crippen LogP contribution in [0.3, 0.4) is 0 Å². The van der Waals surface area contributed by atoms with E-state index in [2.05, 4.69) is 0 Å². The van der Waals surface area contributed by atoms with Crippen LogP contribution in [0, 0.1) is 5.92 Å². The third kappa shape index (κ3) is 3.20. The molecule has 17 heavy (non-hydrogen) atoms. The van der Waals surface area contributed by atoms with E-state index in [-0.39, 0.29) is 17.9 Å². The van der Waals surface area contributed by atoms with Gasteiger partial charge in [-0.3, -0.25) is 4.79 Å². The Labute approximate surface area is 102 Å². The van der Waals surface area contributed by atoms with Crippen LogP contribution >= 0.6 is 0 Å². The summed E-state index contributed by atoms with van der Waals surface area (Å²) in [6, 6.07) is 0.0890. The Morgan fingerprint density at radius 3 is 2.53 bits per heavy atom. The number of Topliss-reactive ketones (excluding diaryl/α,β-unsaturated/α-hetero) is 1. The summed E-state index contributed by atoms with van der Waals surface area (Å²) in [5.41, 5.74) is -0.466. The lowest BCUT2D eigenvalue weighted by Crippen LogP contribution is -2.49. The zero-order chi connectivity index (χ0) is 12.6. The van der Waals surface area contributed by atoms with Crippen LogP contribution in [0.5, 0.6) is 0 Å². The molecule has 0 unspecified atom stereocenters. The van der Waals surface area contributed by atoms with E-state index in [4.69, 9.17) is 4.74 Å². The first-order chi connectivity index (χ1) is 7.87. The van der Waals surface area contributed by atoms with Gasteiger partial charge in [-0.1, -0.05) is 0 Å². The van der Waals surface area contributed by atoms with Crippen LogP contribution in [0.4, 0.5) is 4.79 Å². The number of likely N-dealkylation sites (tertiary alicyclic amines) is 1. The van der Waals surface area contributed by atoms with Crippen molar-refractivity contribution in [2.75, 3.05) is 6.54 Å². The molecule has 2 fully saturated rings. The van der Waals surface area contributed by atoms with Gasteiger partial charge in [-0.25, -0.2) is 4.79 Å². The summed E-state index contributed by atoms with van der Waals surface area (Å²) in [4.78, 5) is 25.3. The quantitative estimate of drug-likeness (QED) is 0.705. The van der Waals surface area contributed by atoms with Crippen LogP contribution < -0.4 is 0 Å². The fraction of sp³-hybridized carbons (Fsp3) is 0.846. The Hall–Kier alpha value is -1.06. The number of ketones is 1. The van der Waals surface area contributed by atoms with Crippen molar-refractivity contribution >= 4 is 11.9 Å². The zero-order valence-electron chi connectivity index (χ0n) is 10.9. The van der Waals surface area contributed by atoms with Crippen LogP contribution in [0.15, 0.2) is 0 Å². The molecule has 0 N–H and O–H groups in total. The van der Waals surface area contributed by atoms with E-state index < -0.39 is 5.60 Å². The molecule has 2 rings (SSSR count). The monoisotopic (exact) mass is 239 g/mol. The van der Waals surface area contributed by atoms with E-state index in [1.54, 1.807) is 4.90 Å². The molecule has 0 aromatic carbocycles. The van der Waals surface area contributed by atoms with Crippen LogP contribution in [-0.4, -0.2) is 35.0 Å². The van der Waals surface area contributed by atoms with Gasteiger partial charge >= 0.3 is 6.09 Å². The van der Waals surface area contributed by atoms with Gasteiger partial charge in [-0.15, -0.1) is 0 Å². The number of carbonyl (C=O) groups excluding carboxylic acids is 2. The van der Waals surface area contributed by atoms with Crippen molar-refractivity contribution < 1.29 is 14.3 Å². The van der Waals surface area contributed by atoms with Crippen LogP contribution in [-0.2, 0) is 9.53 Å². The fourth-order valence-electron chi connectivity index (χ4n) is 2.31. The molecule has 1 heterocycles. The molecule has 0 bridgehead atoms. The second kappa shape index (κ2) is 4.31. The van der Waals surface area contributed by atoms with E-state index >= 15 is 0 Å². The van der Waals surface area contributed by atoms with Gasteiger partial charge in [0.25, 0.3) is 0 Å². The molecular weight excluding hydrogens is 218 g/mol. The molecule has 96 valence electrons. The zero-order valence-corrected chi connectivity index (χ0v) is 10.9. The lowest BCUT2D eigenvalue weighted by molar-refractivity contribution is -0.123. The predicted molar refractivity (Wildman–Crippen MR) is 63.7 cm³/mol. The molecular formula is C13H21NO3. The van der Waals surface area contributed by atoms with Crippen molar-refractivity contribution in [1.82, 2.24) is 4.90 Å². The summed E-state index contributed by atoms with van der Waals surface area (Å²) in [6.07, 6.45) is 3.00. The van der Waals surface area contributed by atoms with Crippen molar-refractivity contribution in [2.45, 2.75) is 58.1 Å². The molecule has 0 radical (unpaired) electrons. The van der Waals surface area contributed by atoms with Gasteiger partial charge in [0.2, 0.25) is 0 Å². The molecule has 0 spiro atoms. The molecule has 1 saturated carbocycles. The number of hydrogen-bond donors (Lipinski definition) is 0. The van der Waals surface area contributed by atoms with Gasteiger partial charge in [0.1, 0.15) is 11.4 Å². The molecule has 0 aromatic heterocycles. The summed E-state index contributed by atoms with van der Waals surface area (Å²) in [5.74, 6) is 0.800. The normalized spacial score (nSPS) is 25.9. The number of amides is 1. The summed E-state index contributed by atoms with van der Waals surface area (Å²) >= 11 is 0. The summed E-state index contributed by atoms with van der Waals surface area (Å²) in [5, 5.41) is 0. The van der Waals surface area contributed by atoms with E-state index in [0.29, 0.717) is 25.3 Å². The minimum absolute atomic E-state index is 0.0890. The maximum Gasteiger partial charge on any atom is 0.410 e. The fourth-order valence-corrected chi connectivity index (χ4v) is 2.31. The van der Waals surface area contributed by atoms with Gasteiger partial charge in [0.15, 0.2) is 0 Å². The van der Waals surface area contributed by atoms with Crippen molar-refractivity contribution in [2.24, 2.45) is 5.92 Å². The summed E-state index contributed by atoms with van der Waals surface area (Å²) in [6.45, 7) is 6.12. The molecule has 1 atom stereocenters. The molecule has 1 amide bonds. The number of hydrogen-bond acceptors (Lipinski definition) is 3. The number of ether oxygens (including phenoxy) is 1. The van der Waals surface area contributed by atoms with Gasteiger partial charge in [0.05, 0.1) is 0 Å². The topological polar surface area (TPSA) is 46.6 Å². The highest BCUT2D eigenvalue weighted by molar-refractivity contribution is 5.82. The second-order valence-electron chi connectivity index (χ2n) is 6.07. The smallest absolute Gasteiger partial charge is 0.410 e. The maximum atomic E-state index is 12.1. The Morgan fingerprint density at radius 2 is 2.00 bits per heavy atom. The van der Waals surface area contributed by atoms with Gasteiger partial charge in [0, 0.05) is 25.4 Å². The Bertz CT molecular complexity index is 328. The third-order valence-corrected chi connectivity index (χ3v) is 3.26. The Balaban J connectivity index is 2.02. The Kier molecular flexibility index (Phi) is 3.15. The average Bonchev–Trinajstić information content (AvgIpc) is 2.97. The number of rotatable bonds is 1. The molecule has 1 aliphatic heterocycles. The predicted octanol–water partition coefficient (Wildman–Crippen LogP) is 2.37. The van der Waals surface area contributed by atoms with Crippen molar-refractivity contribution in [3.63, 3.8) is 0 Å².